The van der Waals surface area contributed by atoms with E-state index >= 15 is 0 Å². The highest BCUT2D eigenvalue weighted by atomic mass is 16.2. The number of pyridine rings is 1. The summed E-state index contributed by atoms with van der Waals surface area (Å²) >= 11 is 0. The molecule has 150 valence electrons. The lowest BCUT2D eigenvalue weighted by Gasteiger charge is -2.25. The van der Waals surface area contributed by atoms with E-state index in [-0.39, 0.29) is 23.8 Å². The quantitative estimate of drug-likeness (QED) is 0.718. The average Bonchev–Trinajstić information content (AvgIpc) is 3.43. The van der Waals surface area contributed by atoms with Crippen LogP contribution in [-0.4, -0.2) is 49.6 Å². The average molecular weight is 392 g/mol. The second-order valence-corrected chi connectivity index (χ2v) is 7.42. The van der Waals surface area contributed by atoms with Gasteiger partial charge in [-0.05, 0) is 31.2 Å². The monoisotopic (exact) mass is 392 g/mol. The number of nitrogens with zero attached hydrogens (tertiary/aromatic N) is 5. The topological polar surface area (TPSA) is 85.1 Å². The molecule has 8 nitrogen and oxygen atoms in total. The number of amides is 2. The van der Waals surface area contributed by atoms with E-state index in [1.807, 2.05) is 62.4 Å². The van der Waals surface area contributed by atoms with Crippen molar-refractivity contribution in [2.24, 2.45) is 13.0 Å². The largest absolute Gasteiger partial charge is 0.350 e. The Bertz CT molecular complexity index is 1040. The first-order valence-electron chi connectivity index (χ1n) is 9.57. The van der Waals surface area contributed by atoms with Crippen molar-refractivity contribution < 1.29 is 9.59 Å². The Morgan fingerprint density at radius 2 is 2.03 bits per heavy atom. The molecule has 0 unspecified atom stereocenters. The Kier molecular flexibility index (Phi) is 4.92. The van der Waals surface area contributed by atoms with Crippen LogP contribution < -0.4 is 5.32 Å². The van der Waals surface area contributed by atoms with Crippen molar-refractivity contribution in [1.29, 1.82) is 0 Å². The van der Waals surface area contributed by atoms with Crippen molar-refractivity contribution in [1.82, 2.24) is 29.5 Å². The summed E-state index contributed by atoms with van der Waals surface area (Å²) in [5.74, 6) is -0.195. The molecule has 1 N–H and O–H groups in total. The van der Waals surface area contributed by atoms with Crippen molar-refractivity contribution in [2.75, 3.05) is 13.6 Å². The molecule has 0 aliphatic carbocycles. The van der Waals surface area contributed by atoms with Crippen molar-refractivity contribution in [3.05, 3.63) is 66.0 Å². The molecule has 29 heavy (non-hydrogen) atoms. The van der Waals surface area contributed by atoms with Gasteiger partial charge in [-0.2, -0.15) is 5.10 Å². The van der Waals surface area contributed by atoms with Gasteiger partial charge in [0.1, 0.15) is 5.69 Å². The van der Waals surface area contributed by atoms with E-state index in [4.69, 9.17) is 0 Å². The SMILES string of the molecule is Cc1c([C@@H]2[C@@H](CNC(=O)c3cc(-n4cccc4)ccn3)CC(=O)N2C)cnn1C. The molecule has 0 aromatic carbocycles. The minimum Gasteiger partial charge on any atom is -0.350 e. The van der Waals surface area contributed by atoms with Gasteiger partial charge in [-0.3, -0.25) is 19.3 Å². The van der Waals surface area contributed by atoms with Crippen molar-refractivity contribution in [2.45, 2.75) is 19.4 Å². The zero-order chi connectivity index (χ0) is 20.5. The smallest absolute Gasteiger partial charge is 0.269 e. The van der Waals surface area contributed by atoms with E-state index in [1.165, 1.54) is 0 Å². The molecule has 1 aliphatic heterocycles. The number of likely N-dealkylation sites (tertiary alicyclic amines) is 1. The summed E-state index contributed by atoms with van der Waals surface area (Å²) in [5.41, 5.74) is 3.26. The van der Waals surface area contributed by atoms with Crippen LogP contribution in [0.3, 0.4) is 0 Å². The Morgan fingerprint density at radius 1 is 1.28 bits per heavy atom. The molecule has 0 spiro atoms. The molecule has 3 aromatic rings. The Hall–Kier alpha value is -3.42. The van der Waals surface area contributed by atoms with Gasteiger partial charge in [0, 0.05) is 68.5 Å². The molecule has 2 amide bonds. The van der Waals surface area contributed by atoms with Gasteiger partial charge in [0.2, 0.25) is 5.91 Å². The van der Waals surface area contributed by atoms with Gasteiger partial charge >= 0.3 is 0 Å². The van der Waals surface area contributed by atoms with Crippen LogP contribution in [0.2, 0.25) is 0 Å². The molecule has 1 saturated heterocycles. The van der Waals surface area contributed by atoms with E-state index in [9.17, 15) is 9.59 Å². The normalized spacial score (nSPS) is 19.0. The minimum atomic E-state index is -0.248. The maximum Gasteiger partial charge on any atom is 0.269 e. The van der Waals surface area contributed by atoms with Crippen LogP contribution >= 0.6 is 0 Å². The van der Waals surface area contributed by atoms with Gasteiger partial charge in [-0.1, -0.05) is 0 Å². The second-order valence-electron chi connectivity index (χ2n) is 7.42. The van der Waals surface area contributed by atoms with E-state index in [1.54, 1.807) is 21.8 Å². The van der Waals surface area contributed by atoms with Crippen molar-refractivity contribution in [3.63, 3.8) is 0 Å². The maximum absolute atomic E-state index is 12.7. The number of carbonyl (C=O) groups is 2. The molecule has 4 rings (SSSR count). The predicted octanol–water partition coefficient (Wildman–Crippen LogP) is 1.86. The molecular weight excluding hydrogens is 368 g/mol. The first kappa shape index (κ1) is 18.9. The third kappa shape index (κ3) is 3.53. The number of hydrogen-bond donors (Lipinski definition) is 1. The zero-order valence-corrected chi connectivity index (χ0v) is 16.7. The molecule has 3 aromatic heterocycles. The highest BCUT2D eigenvalue weighted by molar-refractivity contribution is 5.92. The van der Waals surface area contributed by atoms with Crippen molar-refractivity contribution in [3.8, 4) is 5.69 Å². The summed E-state index contributed by atoms with van der Waals surface area (Å²) in [7, 11) is 3.69. The third-order valence-corrected chi connectivity index (χ3v) is 5.69. The molecule has 4 heterocycles. The Balaban J connectivity index is 1.49. The summed E-state index contributed by atoms with van der Waals surface area (Å²) < 4.78 is 3.72. The number of rotatable bonds is 5. The molecule has 1 fully saturated rings. The lowest BCUT2D eigenvalue weighted by molar-refractivity contribution is -0.127. The van der Waals surface area contributed by atoms with Gasteiger partial charge in [0.25, 0.3) is 5.91 Å². The molecular formula is C21H24N6O2. The van der Waals surface area contributed by atoms with E-state index in [0.717, 1.165) is 16.9 Å². The van der Waals surface area contributed by atoms with Crippen LogP contribution in [0.4, 0.5) is 0 Å². The molecule has 2 atom stereocenters. The van der Waals surface area contributed by atoms with Gasteiger partial charge in [0.05, 0.1) is 12.2 Å². The van der Waals surface area contributed by atoms with Gasteiger partial charge in [-0.25, -0.2) is 0 Å². The molecule has 0 bridgehead atoms. The predicted molar refractivity (Wildman–Crippen MR) is 107 cm³/mol. The van der Waals surface area contributed by atoms with Crippen LogP contribution in [0.1, 0.15) is 34.2 Å². The molecule has 8 heteroatoms. The number of aromatic nitrogens is 4. The number of hydrogen-bond acceptors (Lipinski definition) is 4. The minimum absolute atomic E-state index is 0.0213. The lowest BCUT2D eigenvalue weighted by Crippen LogP contribution is -2.33. The summed E-state index contributed by atoms with van der Waals surface area (Å²) in [6, 6.07) is 7.35. The second kappa shape index (κ2) is 7.54. The third-order valence-electron chi connectivity index (χ3n) is 5.69. The lowest BCUT2D eigenvalue weighted by atomic mass is 9.94. The summed E-state index contributed by atoms with van der Waals surface area (Å²) in [6.45, 7) is 2.38. The molecule has 1 aliphatic rings. The Morgan fingerprint density at radius 3 is 2.72 bits per heavy atom. The summed E-state index contributed by atoms with van der Waals surface area (Å²) in [4.78, 5) is 31.0. The van der Waals surface area contributed by atoms with Crippen LogP contribution in [0.5, 0.6) is 0 Å². The van der Waals surface area contributed by atoms with Crippen molar-refractivity contribution >= 4 is 11.8 Å². The highest BCUT2D eigenvalue weighted by Gasteiger charge is 2.40. The van der Waals surface area contributed by atoms with Gasteiger partial charge in [-0.15, -0.1) is 0 Å². The number of nitrogens with one attached hydrogen (secondary N) is 1. The van der Waals surface area contributed by atoms with E-state index < -0.39 is 0 Å². The first-order chi connectivity index (χ1) is 14.0. The zero-order valence-electron chi connectivity index (χ0n) is 16.7. The number of carbonyl (C=O) groups excluding carboxylic acids is 2. The molecule has 0 saturated carbocycles. The van der Waals surface area contributed by atoms with Crippen LogP contribution in [0.25, 0.3) is 5.69 Å². The summed E-state index contributed by atoms with van der Waals surface area (Å²) in [6.07, 6.45) is 7.66. The molecule has 0 radical (unpaired) electrons. The van der Waals surface area contributed by atoms with Crippen LogP contribution in [-0.2, 0) is 11.8 Å². The van der Waals surface area contributed by atoms with E-state index in [2.05, 4.69) is 15.4 Å². The fourth-order valence-electron chi connectivity index (χ4n) is 3.93. The maximum atomic E-state index is 12.7. The summed E-state index contributed by atoms with van der Waals surface area (Å²) in [5, 5.41) is 7.27. The fourth-order valence-corrected chi connectivity index (χ4v) is 3.93. The first-order valence-corrected chi connectivity index (χ1v) is 9.57. The van der Waals surface area contributed by atoms with E-state index in [0.29, 0.717) is 18.7 Å². The van der Waals surface area contributed by atoms with Crippen LogP contribution in [0.15, 0.2) is 49.1 Å². The van der Waals surface area contributed by atoms with Crippen LogP contribution in [0, 0.1) is 12.8 Å². The van der Waals surface area contributed by atoms with Gasteiger partial charge in [0.15, 0.2) is 0 Å². The fraction of sp³-hybridized carbons (Fsp3) is 0.333. The Labute approximate surface area is 169 Å². The standard InChI is InChI=1S/C21H24N6O2/c1-14-17(13-24-26(14)3)20-15(10-19(28)25(20)2)12-23-21(29)18-11-16(6-7-22-18)27-8-4-5-9-27/h4-9,11,13,15,20H,10,12H2,1-3H3,(H,23,29)/t15-,20+/m1/s1. The highest BCUT2D eigenvalue weighted by Crippen LogP contribution is 2.37. The number of aryl methyl sites for hydroxylation is 1. The van der Waals surface area contributed by atoms with Gasteiger partial charge < -0.3 is 14.8 Å².